The van der Waals surface area contributed by atoms with E-state index in [1.165, 1.54) is 16.9 Å². The highest BCUT2D eigenvalue weighted by molar-refractivity contribution is 7.14. The summed E-state index contributed by atoms with van der Waals surface area (Å²) in [7, 11) is 1.64. The number of nitrogens with one attached hydrogen (secondary N) is 1. The molecule has 0 spiro atoms. The van der Waals surface area contributed by atoms with Crippen LogP contribution < -0.4 is 14.8 Å². The van der Waals surface area contributed by atoms with Gasteiger partial charge in [-0.3, -0.25) is 4.79 Å². The van der Waals surface area contributed by atoms with E-state index in [0.29, 0.717) is 24.6 Å². The lowest BCUT2D eigenvalue weighted by Crippen LogP contribution is -2.15. The van der Waals surface area contributed by atoms with Crippen LogP contribution in [0.4, 0.5) is 5.13 Å². The Labute approximate surface area is 188 Å². The molecule has 2 aromatic carbocycles. The minimum absolute atomic E-state index is 0.0652. The Kier molecular flexibility index (Phi) is 7.69. The van der Waals surface area contributed by atoms with Crippen molar-refractivity contribution in [3.05, 3.63) is 59.5 Å². The van der Waals surface area contributed by atoms with Crippen LogP contribution >= 0.6 is 11.3 Å². The second-order valence-electron chi connectivity index (χ2n) is 8.00. The van der Waals surface area contributed by atoms with Gasteiger partial charge in [0.15, 0.2) is 5.13 Å². The molecule has 0 fully saturated rings. The lowest BCUT2D eigenvalue weighted by molar-refractivity contribution is -0.116. The lowest BCUT2D eigenvalue weighted by atomic mass is 9.82. The van der Waals surface area contributed by atoms with Crippen molar-refractivity contribution in [1.29, 1.82) is 0 Å². The summed E-state index contributed by atoms with van der Waals surface area (Å²) < 4.78 is 11.2. The number of aromatic nitrogens is 1. The van der Waals surface area contributed by atoms with Gasteiger partial charge in [0.2, 0.25) is 5.91 Å². The van der Waals surface area contributed by atoms with E-state index < -0.39 is 0 Å². The normalized spacial score (nSPS) is 11.2. The standard InChI is InChI=1S/C25H30N2O3S/c1-5-25(2,3)18-12-14-19(15-13-18)30-16-8-11-23(28)27-24-26-21(17-31-24)20-9-6-7-10-22(20)29-4/h6-7,9-10,12-15,17H,5,8,11,16H2,1-4H3,(H,26,27,28). The van der Waals surface area contributed by atoms with Crippen LogP contribution in [0.25, 0.3) is 11.3 Å². The molecule has 3 aromatic rings. The molecule has 1 N–H and O–H groups in total. The first kappa shape index (κ1) is 22.8. The lowest BCUT2D eigenvalue weighted by Gasteiger charge is -2.23. The van der Waals surface area contributed by atoms with Crippen molar-refractivity contribution >= 4 is 22.4 Å². The molecule has 0 saturated heterocycles. The van der Waals surface area contributed by atoms with Gasteiger partial charge in [0, 0.05) is 17.4 Å². The van der Waals surface area contributed by atoms with Gasteiger partial charge in [0.1, 0.15) is 11.5 Å². The van der Waals surface area contributed by atoms with Gasteiger partial charge in [0.05, 0.1) is 19.4 Å². The van der Waals surface area contributed by atoms with Gasteiger partial charge in [-0.1, -0.05) is 45.0 Å². The van der Waals surface area contributed by atoms with Gasteiger partial charge < -0.3 is 14.8 Å². The molecule has 0 radical (unpaired) electrons. The number of carbonyl (C=O) groups is 1. The van der Waals surface area contributed by atoms with Gasteiger partial charge >= 0.3 is 0 Å². The van der Waals surface area contributed by atoms with Crippen molar-refractivity contribution in [3.63, 3.8) is 0 Å². The molecular weight excluding hydrogens is 408 g/mol. The minimum Gasteiger partial charge on any atom is -0.496 e. The summed E-state index contributed by atoms with van der Waals surface area (Å²) in [5.74, 6) is 1.52. The second-order valence-corrected chi connectivity index (χ2v) is 8.86. The number of hydrogen-bond acceptors (Lipinski definition) is 5. The van der Waals surface area contributed by atoms with E-state index in [2.05, 4.69) is 43.2 Å². The number of ether oxygens (including phenoxy) is 2. The maximum absolute atomic E-state index is 12.3. The van der Waals surface area contributed by atoms with Crippen LogP contribution in [0.15, 0.2) is 53.9 Å². The van der Waals surface area contributed by atoms with E-state index in [0.717, 1.165) is 29.2 Å². The quantitative estimate of drug-likeness (QED) is 0.377. The highest BCUT2D eigenvalue weighted by Gasteiger charge is 2.17. The van der Waals surface area contributed by atoms with Gasteiger partial charge in [-0.05, 0) is 48.1 Å². The van der Waals surface area contributed by atoms with Crippen molar-refractivity contribution in [2.45, 2.75) is 45.4 Å². The largest absolute Gasteiger partial charge is 0.496 e. The van der Waals surface area contributed by atoms with Crippen LogP contribution in [0.3, 0.4) is 0 Å². The van der Waals surface area contributed by atoms with Gasteiger partial charge in [0.25, 0.3) is 0 Å². The van der Waals surface area contributed by atoms with Crippen molar-refractivity contribution in [2.24, 2.45) is 0 Å². The first-order valence-corrected chi connectivity index (χ1v) is 11.4. The zero-order chi connectivity index (χ0) is 22.3. The average molecular weight is 439 g/mol. The van der Waals surface area contributed by atoms with Crippen LogP contribution in [0.5, 0.6) is 11.5 Å². The predicted molar refractivity (Wildman–Crippen MR) is 127 cm³/mol. The van der Waals surface area contributed by atoms with Crippen LogP contribution in [-0.4, -0.2) is 24.6 Å². The van der Waals surface area contributed by atoms with Crippen LogP contribution in [0, 0.1) is 0 Å². The fourth-order valence-corrected chi connectivity index (χ4v) is 3.85. The summed E-state index contributed by atoms with van der Waals surface area (Å²) in [6.45, 7) is 7.17. The number of rotatable bonds is 10. The maximum atomic E-state index is 12.3. The molecule has 0 aliphatic rings. The Hall–Kier alpha value is -2.86. The molecule has 1 amide bonds. The first-order valence-electron chi connectivity index (χ1n) is 10.5. The Morgan fingerprint density at radius 3 is 2.58 bits per heavy atom. The molecule has 31 heavy (non-hydrogen) atoms. The van der Waals surface area contributed by atoms with Crippen molar-refractivity contribution in [1.82, 2.24) is 4.98 Å². The summed E-state index contributed by atoms with van der Waals surface area (Å²) in [6.07, 6.45) is 2.10. The number of thiazole rings is 1. The van der Waals surface area contributed by atoms with E-state index in [9.17, 15) is 4.79 Å². The highest BCUT2D eigenvalue weighted by Crippen LogP contribution is 2.32. The molecule has 5 nitrogen and oxygen atoms in total. The maximum Gasteiger partial charge on any atom is 0.226 e. The summed E-state index contributed by atoms with van der Waals surface area (Å²) in [5.41, 5.74) is 3.16. The third-order valence-corrected chi connectivity index (χ3v) is 6.23. The number of carbonyl (C=O) groups excluding carboxylic acids is 1. The monoisotopic (exact) mass is 438 g/mol. The van der Waals surface area contributed by atoms with Crippen LogP contribution in [0.1, 0.15) is 45.6 Å². The molecular formula is C25H30N2O3S. The average Bonchev–Trinajstić information content (AvgIpc) is 3.25. The number of amides is 1. The van der Waals surface area contributed by atoms with Crippen molar-refractivity contribution in [3.8, 4) is 22.8 Å². The summed E-state index contributed by atoms with van der Waals surface area (Å²) >= 11 is 1.40. The zero-order valence-corrected chi connectivity index (χ0v) is 19.4. The highest BCUT2D eigenvalue weighted by atomic mass is 32.1. The predicted octanol–water partition coefficient (Wildman–Crippen LogP) is 6.30. The molecule has 0 saturated carbocycles. The van der Waals surface area contributed by atoms with Gasteiger partial charge in [-0.25, -0.2) is 4.98 Å². The number of hydrogen-bond donors (Lipinski definition) is 1. The molecule has 1 aromatic heterocycles. The number of methoxy groups -OCH3 is 1. The van der Waals surface area contributed by atoms with Crippen molar-refractivity contribution < 1.29 is 14.3 Å². The fraction of sp³-hybridized carbons (Fsp3) is 0.360. The molecule has 0 aliphatic carbocycles. The fourth-order valence-electron chi connectivity index (χ4n) is 3.12. The first-order chi connectivity index (χ1) is 14.9. The number of anilines is 1. The van der Waals surface area contributed by atoms with E-state index in [4.69, 9.17) is 9.47 Å². The van der Waals surface area contributed by atoms with Gasteiger partial charge in [-0.15, -0.1) is 11.3 Å². The molecule has 0 bridgehead atoms. The van der Waals surface area contributed by atoms with Gasteiger partial charge in [-0.2, -0.15) is 0 Å². The van der Waals surface area contributed by atoms with E-state index in [-0.39, 0.29) is 11.3 Å². The molecule has 0 aliphatic heterocycles. The Bertz CT molecular complexity index is 996. The zero-order valence-electron chi connectivity index (χ0n) is 18.6. The van der Waals surface area contributed by atoms with E-state index >= 15 is 0 Å². The summed E-state index contributed by atoms with van der Waals surface area (Å²) in [4.78, 5) is 16.8. The van der Waals surface area contributed by atoms with E-state index in [1.54, 1.807) is 7.11 Å². The van der Waals surface area contributed by atoms with Crippen molar-refractivity contribution in [2.75, 3.05) is 19.0 Å². The minimum atomic E-state index is -0.0652. The molecule has 3 rings (SSSR count). The summed E-state index contributed by atoms with van der Waals surface area (Å²) in [6, 6.07) is 15.9. The second kappa shape index (κ2) is 10.4. The molecule has 6 heteroatoms. The molecule has 1 heterocycles. The Morgan fingerprint density at radius 1 is 1.13 bits per heavy atom. The third kappa shape index (κ3) is 6.07. The Morgan fingerprint density at radius 2 is 1.87 bits per heavy atom. The number of benzene rings is 2. The molecule has 164 valence electrons. The SMILES string of the molecule is CCC(C)(C)c1ccc(OCCCC(=O)Nc2nc(-c3ccccc3OC)cs2)cc1. The van der Waals surface area contributed by atoms with Crippen LogP contribution in [-0.2, 0) is 10.2 Å². The number of para-hydroxylation sites is 1. The Balaban J connectivity index is 1.44. The number of nitrogens with zero attached hydrogens (tertiary/aromatic N) is 1. The molecule has 0 atom stereocenters. The third-order valence-electron chi connectivity index (χ3n) is 5.47. The topological polar surface area (TPSA) is 60.5 Å². The van der Waals surface area contributed by atoms with E-state index in [1.807, 2.05) is 41.8 Å². The van der Waals surface area contributed by atoms with Crippen LogP contribution in [0.2, 0.25) is 0 Å². The smallest absolute Gasteiger partial charge is 0.226 e. The summed E-state index contributed by atoms with van der Waals surface area (Å²) in [5, 5.41) is 5.37. The molecule has 0 unspecified atom stereocenters.